The first-order valence-corrected chi connectivity index (χ1v) is 8.12. The highest BCUT2D eigenvalue weighted by Gasteiger charge is 2.08. The van der Waals surface area contributed by atoms with Gasteiger partial charge in [0.2, 0.25) is 0 Å². The van der Waals surface area contributed by atoms with Gasteiger partial charge in [0, 0.05) is 6.54 Å². The van der Waals surface area contributed by atoms with Gasteiger partial charge in [-0.2, -0.15) is 5.26 Å². The van der Waals surface area contributed by atoms with E-state index in [2.05, 4.69) is 37.0 Å². The summed E-state index contributed by atoms with van der Waals surface area (Å²) in [6.07, 6.45) is 1.54. The molecule has 0 aliphatic heterocycles. The Labute approximate surface area is 154 Å². The Balaban J connectivity index is 1.88. The van der Waals surface area contributed by atoms with E-state index < -0.39 is 0 Å². The number of carbonyl (C=O) groups excluding carboxylic acids is 1. The van der Waals surface area contributed by atoms with Crippen molar-refractivity contribution in [2.75, 3.05) is 17.2 Å². The fraction of sp³-hybridized carbons (Fsp3) is 0.118. The van der Waals surface area contributed by atoms with Crippen molar-refractivity contribution in [2.24, 2.45) is 0 Å². The zero-order valence-corrected chi connectivity index (χ0v) is 14.5. The van der Waals surface area contributed by atoms with Crippen molar-refractivity contribution in [3.63, 3.8) is 0 Å². The normalized spacial score (nSPS) is 10.2. The van der Waals surface area contributed by atoms with Gasteiger partial charge in [0.05, 0.1) is 28.5 Å². The number of nitriles is 1. The van der Waals surface area contributed by atoms with Crippen LogP contribution in [0, 0.1) is 11.3 Å². The van der Waals surface area contributed by atoms with Crippen molar-refractivity contribution in [3.05, 3.63) is 47.1 Å². The second kappa shape index (κ2) is 7.63. The first-order valence-electron chi connectivity index (χ1n) is 7.74. The number of halogens is 1. The van der Waals surface area contributed by atoms with Crippen molar-refractivity contribution in [2.45, 2.75) is 6.92 Å². The molecule has 8 nitrogen and oxygen atoms in total. The summed E-state index contributed by atoms with van der Waals surface area (Å²) in [5, 5.41) is 17.7. The largest absolute Gasteiger partial charge is 0.338 e. The predicted molar refractivity (Wildman–Crippen MR) is 99.5 cm³/mol. The number of hydrogen-bond acceptors (Lipinski definition) is 6. The van der Waals surface area contributed by atoms with Crippen LogP contribution in [0.4, 0.5) is 22.1 Å². The summed E-state index contributed by atoms with van der Waals surface area (Å²) >= 11 is 6.14. The zero-order valence-electron chi connectivity index (χ0n) is 13.7. The average molecular weight is 368 g/mol. The Hall–Kier alpha value is -3.44. The van der Waals surface area contributed by atoms with E-state index >= 15 is 0 Å². The summed E-state index contributed by atoms with van der Waals surface area (Å²) in [6.45, 7) is 2.33. The van der Waals surface area contributed by atoms with Crippen LogP contribution in [0.5, 0.6) is 0 Å². The predicted octanol–water partition coefficient (Wildman–Crippen LogP) is 3.43. The van der Waals surface area contributed by atoms with E-state index in [1.807, 2.05) is 6.92 Å². The van der Waals surface area contributed by atoms with Gasteiger partial charge in [0.1, 0.15) is 11.3 Å². The molecule has 0 fully saturated rings. The van der Waals surface area contributed by atoms with E-state index in [0.717, 1.165) is 0 Å². The molecule has 130 valence electrons. The number of nitrogens with one attached hydrogen (secondary N) is 3. The van der Waals surface area contributed by atoms with Gasteiger partial charge < -0.3 is 10.6 Å². The molecule has 26 heavy (non-hydrogen) atoms. The van der Waals surface area contributed by atoms with Crippen molar-refractivity contribution in [1.82, 2.24) is 20.3 Å². The van der Waals surface area contributed by atoms with Crippen molar-refractivity contribution < 1.29 is 4.79 Å². The third-order valence-corrected chi connectivity index (χ3v) is 3.67. The Bertz CT molecular complexity index is 1020. The minimum atomic E-state index is -0.346. The number of pyridine rings is 1. The highest BCUT2D eigenvalue weighted by Crippen LogP contribution is 2.26. The Kier molecular flexibility index (Phi) is 5.10. The summed E-state index contributed by atoms with van der Waals surface area (Å²) in [5.74, 6) is 0.775. The standard InChI is InChI=1S/C17H14ClN7O/c1-2-20-17(26)25-14-6-5-12-16(23-14)24-15(9-21-12)22-13-7-10(8-19)3-4-11(13)18/h3-7,9H,2H2,1H3,(H3,20,22,23,24,25,26). The first-order chi connectivity index (χ1) is 12.6. The molecule has 0 saturated heterocycles. The Morgan fingerprint density at radius 3 is 2.81 bits per heavy atom. The molecule has 0 bridgehead atoms. The van der Waals surface area contributed by atoms with Crippen LogP contribution in [0.1, 0.15) is 12.5 Å². The highest BCUT2D eigenvalue weighted by molar-refractivity contribution is 6.33. The number of carbonyl (C=O) groups is 1. The van der Waals surface area contributed by atoms with E-state index in [-0.39, 0.29) is 6.03 Å². The number of fused-ring (bicyclic) bond motifs is 1. The van der Waals surface area contributed by atoms with E-state index in [9.17, 15) is 4.79 Å². The number of nitrogens with zero attached hydrogens (tertiary/aromatic N) is 4. The summed E-state index contributed by atoms with van der Waals surface area (Å²) in [4.78, 5) is 24.6. The molecule has 3 N–H and O–H groups in total. The van der Waals surface area contributed by atoms with E-state index in [1.54, 1.807) is 30.3 Å². The monoisotopic (exact) mass is 367 g/mol. The average Bonchev–Trinajstić information content (AvgIpc) is 2.63. The van der Waals surface area contributed by atoms with Gasteiger partial charge in [-0.25, -0.2) is 19.7 Å². The molecule has 0 unspecified atom stereocenters. The van der Waals surface area contributed by atoms with Crippen LogP contribution in [0.15, 0.2) is 36.5 Å². The second-order valence-electron chi connectivity index (χ2n) is 5.21. The SMILES string of the molecule is CCNC(=O)Nc1ccc2ncc(Nc3cc(C#N)ccc3Cl)nc2n1. The summed E-state index contributed by atoms with van der Waals surface area (Å²) < 4.78 is 0. The van der Waals surface area contributed by atoms with E-state index in [1.165, 1.54) is 6.20 Å². The molecule has 0 radical (unpaired) electrons. The molecule has 1 aromatic carbocycles. The molecule has 3 aromatic rings. The van der Waals surface area contributed by atoms with Crippen LogP contribution in [0.25, 0.3) is 11.2 Å². The second-order valence-corrected chi connectivity index (χ2v) is 5.62. The molecule has 2 amide bonds. The minimum absolute atomic E-state index is 0.346. The van der Waals surface area contributed by atoms with Crippen LogP contribution in [-0.2, 0) is 0 Å². The number of aromatic nitrogens is 3. The molecular formula is C17H14ClN7O. The number of rotatable bonds is 4. The van der Waals surface area contributed by atoms with Crippen LogP contribution in [-0.4, -0.2) is 27.5 Å². The molecule has 0 saturated carbocycles. The van der Waals surface area contributed by atoms with Gasteiger partial charge in [-0.1, -0.05) is 11.6 Å². The fourth-order valence-electron chi connectivity index (χ4n) is 2.18. The van der Waals surface area contributed by atoms with Gasteiger partial charge in [0.15, 0.2) is 11.5 Å². The van der Waals surface area contributed by atoms with Gasteiger partial charge >= 0.3 is 6.03 Å². The quantitative estimate of drug-likeness (QED) is 0.650. The lowest BCUT2D eigenvalue weighted by molar-refractivity contribution is 0.252. The molecule has 9 heteroatoms. The van der Waals surface area contributed by atoms with Crippen molar-refractivity contribution in [1.29, 1.82) is 5.26 Å². The fourth-order valence-corrected chi connectivity index (χ4v) is 2.34. The van der Waals surface area contributed by atoms with Gasteiger partial charge in [0.25, 0.3) is 0 Å². The molecule has 2 aromatic heterocycles. The van der Waals surface area contributed by atoms with Gasteiger partial charge in [-0.05, 0) is 37.3 Å². The molecule has 0 aliphatic carbocycles. The molecule has 3 rings (SSSR count). The Morgan fingerprint density at radius 2 is 2.04 bits per heavy atom. The molecule has 0 spiro atoms. The number of benzene rings is 1. The van der Waals surface area contributed by atoms with Crippen molar-refractivity contribution in [3.8, 4) is 6.07 Å². The zero-order chi connectivity index (χ0) is 18.5. The first kappa shape index (κ1) is 17.4. The summed E-state index contributed by atoms with van der Waals surface area (Å²) in [7, 11) is 0. The lowest BCUT2D eigenvalue weighted by Gasteiger charge is -2.09. The Morgan fingerprint density at radius 1 is 1.23 bits per heavy atom. The van der Waals surface area contributed by atoms with Crippen LogP contribution < -0.4 is 16.0 Å². The lowest BCUT2D eigenvalue weighted by atomic mass is 10.2. The number of urea groups is 1. The highest BCUT2D eigenvalue weighted by atomic mass is 35.5. The van der Waals surface area contributed by atoms with E-state index in [4.69, 9.17) is 16.9 Å². The molecule has 0 aliphatic rings. The van der Waals surface area contributed by atoms with Gasteiger partial charge in [-0.15, -0.1) is 0 Å². The number of amides is 2. The topological polar surface area (TPSA) is 116 Å². The minimum Gasteiger partial charge on any atom is -0.338 e. The maximum atomic E-state index is 11.6. The van der Waals surface area contributed by atoms with Gasteiger partial charge in [-0.3, -0.25) is 5.32 Å². The summed E-state index contributed by atoms with van der Waals surface area (Å²) in [6, 6.07) is 9.94. The van der Waals surface area contributed by atoms with Crippen LogP contribution in [0.3, 0.4) is 0 Å². The molecular weight excluding hydrogens is 354 g/mol. The maximum Gasteiger partial charge on any atom is 0.320 e. The van der Waals surface area contributed by atoms with Crippen molar-refractivity contribution >= 4 is 46.1 Å². The van der Waals surface area contributed by atoms with Crippen LogP contribution >= 0.6 is 11.6 Å². The molecule has 2 heterocycles. The number of anilines is 3. The lowest BCUT2D eigenvalue weighted by Crippen LogP contribution is -2.28. The number of hydrogen-bond donors (Lipinski definition) is 3. The molecule has 0 atom stereocenters. The van der Waals surface area contributed by atoms with E-state index in [0.29, 0.717) is 45.6 Å². The third kappa shape index (κ3) is 3.96. The smallest absolute Gasteiger partial charge is 0.320 e. The maximum absolute atomic E-state index is 11.6. The third-order valence-electron chi connectivity index (χ3n) is 3.34. The summed E-state index contributed by atoms with van der Waals surface area (Å²) in [5.41, 5.74) is 1.94. The van der Waals surface area contributed by atoms with Crippen LogP contribution in [0.2, 0.25) is 5.02 Å².